The van der Waals surface area contributed by atoms with Crippen molar-refractivity contribution in [2.24, 2.45) is 0 Å². The first kappa shape index (κ1) is 11.8. The van der Waals surface area contributed by atoms with Crippen LogP contribution in [0.3, 0.4) is 0 Å². The molecule has 21 heavy (non-hydrogen) atoms. The molecule has 0 fully saturated rings. The van der Waals surface area contributed by atoms with Crippen LogP contribution in [0, 0.1) is 0 Å². The van der Waals surface area contributed by atoms with Gasteiger partial charge in [0, 0.05) is 18.0 Å². The van der Waals surface area contributed by atoms with Gasteiger partial charge in [-0.2, -0.15) is 4.80 Å². The highest BCUT2D eigenvalue weighted by molar-refractivity contribution is 5.73. The second-order valence-electron chi connectivity index (χ2n) is 4.77. The molecule has 4 rings (SSSR count). The van der Waals surface area contributed by atoms with Gasteiger partial charge in [-0.15, -0.1) is 10.2 Å². The lowest BCUT2D eigenvalue weighted by atomic mass is 10.1. The fraction of sp³-hybridized carbons (Fsp3) is 0. The van der Waals surface area contributed by atoms with Crippen LogP contribution in [0.4, 0.5) is 0 Å². The number of hydrogen-bond acceptors (Lipinski definition) is 3. The Labute approximate surface area is 121 Å². The van der Waals surface area contributed by atoms with Gasteiger partial charge in [0.05, 0.1) is 5.69 Å². The van der Waals surface area contributed by atoms with Crippen LogP contribution in [-0.2, 0) is 0 Å². The van der Waals surface area contributed by atoms with Crippen molar-refractivity contribution >= 4 is 11.0 Å². The van der Waals surface area contributed by atoms with Gasteiger partial charge in [0.2, 0.25) is 0 Å². The number of pyridine rings is 1. The van der Waals surface area contributed by atoms with Crippen molar-refractivity contribution < 1.29 is 0 Å². The number of nitrogens with zero attached hydrogens (tertiary/aromatic N) is 4. The molecule has 2 heterocycles. The maximum atomic E-state index is 4.51. The molecule has 2 aromatic carbocycles. The Kier molecular flexibility index (Phi) is 2.71. The minimum atomic E-state index is 0.893. The summed E-state index contributed by atoms with van der Waals surface area (Å²) in [6, 6.07) is 20.0. The molecule has 0 atom stereocenters. The van der Waals surface area contributed by atoms with Crippen molar-refractivity contribution in [3.63, 3.8) is 0 Å². The fourth-order valence-corrected chi connectivity index (χ4v) is 2.32. The number of fused-ring (bicyclic) bond motifs is 1. The largest absolute Gasteiger partial charge is 0.264 e. The summed E-state index contributed by atoms with van der Waals surface area (Å²) in [5, 5.41) is 9.02. The smallest absolute Gasteiger partial charge is 0.113 e. The zero-order chi connectivity index (χ0) is 14.1. The Morgan fingerprint density at radius 2 is 1.48 bits per heavy atom. The Bertz CT molecular complexity index is 864. The number of aromatic nitrogens is 4. The first-order valence-electron chi connectivity index (χ1n) is 6.73. The molecular formula is C17H12N4. The standard InChI is InChI=1S/C17H12N4/c1-2-9-17-16(8-1)19-21(20-17)15-7-3-5-13(11-15)14-6-4-10-18-12-14/h1-12H. The van der Waals surface area contributed by atoms with Crippen molar-refractivity contribution in [3.8, 4) is 16.8 Å². The molecule has 0 aliphatic rings. The van der Waals surface area contributed by atoms with Crippen LogP contribution in [0.2, 0.25) is 0 Å². The monoisotopic (exact) mass is 272 g/mol. The number of hydrogen-bond donors (Lipinski definition) is 0. The normalized spacial score (nSPS) is 10.9. The molecule has 0 aliphatic heterocycles. The average Bonchev–Trinajstić information content (AvgIpc) is 3.00. The van der Waals surface area contributed by atoms with Crippen LogP contribution in [0.1, 0.15) is 0 Å². The quantitative estimate of drug-likeness (QED) is 0.561. The van der Waals surface area contributed by atoms with E-state index >= 15 is 0 Å². The molecule has 100 valence electrons. The summed E-state index contributed by atoms with van der Waals surface area (Å²) in [7, 11) is 0. The van der Waals surface area contributed by atoms with E-state index in [0.29, 0.717) is 0 Å². The highest BCUT2D eigenvalue weighted by Gasteiger charge is 2.05. The minimum Gasteiger partial charge on any atom is -0.264 e. The zero-order valence-corrected chi connectivity index (χ0v) is 11.2. The van der Waals surface area contributed by atoms with E-state index in [2.05, 4.69) is 27.3 Å². The maximum absolute atomic E-state index is 4.51. The fourth-order valence-electron chi connectivity index (χ4n) is 2.32. The summed E-state index contributed by atoms with van der Waals surface area (Å²) in [5.74, 6) is 0. The van der Waals surface area contributed by atoms with Crippen LogP contribution in [0.15, 0.2) is 73.1 Å². The highest BCUT2D eigenvalue weighted by Crippen LogP contribution is 2.21. The molecule has 4 nitrogen and oxygen atoms in total. The third-order valence-corrected chi connectivity index (χ3v) is 3.36. The molecule has 0 radical (unpaired) electrons. The highest BCUT2D eigenvalue weighted by atomic mass is 15.5. The second-order valence-corrected chi connectivity index (χ2v) is 4.77. The van der Waals surface area contributed by atoms with E-state index in [4.69, 9.17) is 0 Å². The summed E-state index contributed by atoms with van der Waals surface area (Å²) in [6.07, 6.45) is 3.63. The lowest BCUT2D eigenvalue weighted by Crippen LogP contribution is -1.98. The van der Waals surface area contributed by atoms with Crippen LogP contribution in [0.25, 0.3) is 27.8 Å². The van der Waals surface area contributed by atoms with Crippen molar-refractivity contribution in [1.82, 2.24) is 20.0 Å². The van der Waals surface area contributed by atoms with Gasteiger partial charge in [-0.25, -0.2) is 0 Å². The molecule has 2 aromatic heterocycles. The van der Waals surface area contributed by atoms with Gasteiger partial charge in [-0.3, -0.25) is 4.98 Å². The molecule has 0 saturated carbocycles. The predicted molar refractivity (Wildman–Crippen MR) is 82.1 cm³/mol. The van der Waals surface area contributed by atoms with E-state index in [9.17, 15) is 0 Å². The third-order valence-electron chi connectivity index (χ3n) is 3.36. The molecule has 4 heteroatoms. The molecule has 0 bridgehead atoms. The van der Waals surface area contributed by atoms with Crippen molar-refractivity contribution in [3.05, 3.63) is 73.1 Å². The zero-order valence-electron chi connectivity index (χ0n) is 11.2. The van der Waals surface area contributed by atoms with Gasteiger partial charge in [-0.05, 0) is 35.9 Å². The first-order valence-corrected chi connectivity index (χ1v) is 6.73. The first-order chi connectivity index (χ1) is 10.4. The third kappa shape index (κ3) is 2.17. The van der Waals surface area contributed by atoms with E-state index in [0.717, 1.165) is 27.8 Å². The average molecular weight is 272 g/mol. The summed E-state index contributed by atoms with van der Waals surface area (Å²) < 4.78 is 0. The predicted octanol–water partition coefficient (Wildman–Crippen LogP) is 3.48. The molecule has 0 spiro atoms. The maximum Gasteiger partial charge on any atom is 0.113 e. The Hall–Kier alpha value is -3.01. The van der Waals surface area contributed by atoms with Gasteiger partial charge in [0.25, 0.3) is 0 Å². The molecule has 4 aromatic rings. The van der Waals surface area contributed by atoms with Gasteiger partial charge >= 0.3 is 0 Å². The van der Waals surface area contributed by atoms with Crippen LogP contribution in [0.5, 0.6) is 0 Å². The van der Waals surface area contributed by atoms with Gasteiger partial charge in [0.15, 0.2) is 0 Å². The molecule has 0 amide bonds. The molecule has 0 N–H and O–H groups in total. The molecule has 0 saturated heterocycles. The lowest BCUT2D eigenvalue weighted by Gasteiger charge is -2.04. The minimum absolute atomic E-state index is 0.893. The van der Waals surface area contributed by atoms with Gasteiger partial charge in [-0.1, -0.05) is 30.3 Å². The van der Waals surface area contributed by atoms with Crippen molar-refractivity contribution in [2.75, 3.05) is 0 Å². The van der Waals surface area contributed by atoms with Crippen molar-refractivity contribution in [1.29, 1.82) is 0 Å². The SMILES string of the molecule is c1cncc(-c2cccc(-n3nc4ccccc4n3)c2)c1. The van der Waals surface area contributed by atoms with E-state index < -0.39 is 0 Å². The van der Waals surface area contributed by atoms with E-state index in [1.54, 1.807) is 11.0 Å². The molecule has 0 aliphatic carbocycles. The summed E-state index contributed by atoms with van der Waals surface area (Å²) in [5.41, 5.74) is 4.90. The summed E-state index contributed by atoms with van der Waals surface area (Å²) >= 11 is 0. The van der Waals surface area contributed by atoms with Crippen LogP contribution >= 0.6 is 0 Å². The number of benzene rings is 2. The Morgan fingerprint density at radius 1 is 0.714 bits per heavy atom. The van der Waals surface area contributed by atoms with Gasteiger partial charge < -0.3 is 0 Å². The summed E-state index contributed by atoms with van der Waals surface area (Å²) in [4.78, 5) is 5.83. The summed E-state index contributed by atoms with van der Waals surface area (Å²) in [6.45, 7) is 0. The number of rotatable bonds is 2. The van der Waals surface area contributed by atoms with Gasteiger partial charge in [0.1, 0.15) is 11.0 Å². The van der Waals surface area contributed by atoms with Crippen LogP contribution < -0.4 is 0 Å². The van der Waals surface area contributed by atoms with E-state index in [1.807, 2.05) is 54.7 Å². The second kappa shape index (κ2) is 4.83. The lowest BCUT2D eigenvalue weighted by molar-refractivity contribution is 0.766. The topological polar surface area (TPSA) is 43.6 Å². The van der Waals surface area contributed by atoms with Crippen LogP contribution in [-0.4, -0.2) is 20.0 Å². The molecular weight excluding hydrogens is 260 g/mol. The van der Waals surface area contributed by atoms with Crippen molar-refractivity contribution in [2.45, 2.75) is 0 Å². The van der Waals surface area contributed by atoms with E-state index in [1.165, 1.54) is 0 Å². The van der Waals surface area contributed by atoms with E-state index in [-0.39, 0.29) is 0 Å². The molecule has 0 unspecified atom stereocenters. The Morgan fingerprint density at radius 3 is 2.19 bits per heavy atom. The Balaban J connectivity index is 1.82.